The van der Waals surface area contributed by atoms with E-state index in [1.807, 2.05) is 0 Å². The largest absolute Gasteiger partial charge is 0.388 e. The molecule has 4 aliphatic carbocycles. The summed E-state index contributed by atoms with van der Waals surface area (Å²) in [7, 11) is 0. The van der Waals surface area contributed by atoms with Crippen molar-refractivity contribution in [2.45, 2.75) is 75.9 Å². The van der Waals surface area contributed by atoms with Gasteiger partial charge in [-0.15, -0.1) is 0 Å². The average Bonchev–Trinajstić information content (AvgIpc) is 2.88. The van der Waals surface area contributed by atoms with Crippen LogP contribution in [0, 0.1) is 22.7 Å². The molecule has 3 fully saturated rings. The molecule has 4 rings (SSSR count). The maximum Gasteiger partial charge on any atom is 0.199 e. The van der Waals surface area contributed by atoms with Gasteiger partial charge in [-0.05, 0) is 44.1 Å². The Hall–Kier alpha value is -1.15. The van der Waals surface area contributed by atoms with Crippen LogP contribution in [-0.4, -0.2) is 55.7 Å². The maximum atomic E-state index is 16.9. The minimum absolute atomic E-state index is 0.0636. The molecule has 0 aliphatic heterocycles. The Bertz CT molecular complexity index is 777. The van der Waals surface area contributed by atoms with Crippen molar-refractivity contribution in [3.63, 3.8) is 0 Å². The summed E-state index contributed by atoms with van der Waals surface area (Å²) in [6.45, 7) is 2.43. The Morgan fingerprint density at radius 2 is 1.82 bits per heavy atom. The van der Waals surface area contributed by atoms with Gasteiger partial charge in [0.2, 0.25) is 0 Å². The molecule has 0 bridgehead atoms. The van der Waals surface area contributed by atoms with E-state index in [1.54, 1.807) is 13.8 Å². The molecule has 7 heteroatoms. The number of hydrogen-bond acceptors (Lipinski definition) is 6. The minimum atomic E-state index is -2.77. The zero-order chi connectivity index (χ0) is 20.8. The number of hydrogen-bond donors (Lipinski definition) is 4. The third-order valence-corrected chi connectivity index (χ3v) is 8.82. The summed E-state index contributed by atoms with van der Waals surface area (Å²) in [6.07, 6.45) is 2.56. The Balaban J connectivity index is 1.86. The molecule has 0 unspecified atom stereocenters. The van der Waals surface area contributed by atoms with E-state index in [2.05, 4.69) is 0 Å². The van der Waals surface area contributed by atoms with E-state index in [0.717, 1.165) is 0 Å². The molecule has 0 aromatic carbocycles. The fourth-order valence-electron chi connectivity index (χ4n) is 7.29. The quantitative estimate of drug-likeness (QED) is 0.522. The van der Waals surface area contributed by atoms with Gasteiger partial charge in [-0.1, -0.05) is 19.4 Å². The number of aliphatic hydroxyl groups is 4. The number of aliphatic hydroxyl groups excluding tert-OH is 1. The van der Waals surface area contributed by atoms with Crippen LogP contribution in [0.1, 0.15) is 58.8 Å². The molecule has 28 heavy (non-hydrogen) atoms. The van der Waals surface area contributed by atoms with E-state index in [4.69, 9.17) is 0 Å². The number of halogens is 1. The first-order valence-electron chi connectivity index (χ1n) is 10.1. The molecule has 6 nitrogen and oxygen atoms in total. The molecule has 0 spiro atoms. The fourth-order valence-corrected chi connectivity index (χ4v) is 7.29. The van der Waals surface area contributed by atoms with Crippen molar-refractivity contribution < 1.29 is 34.4 Å². The lowest BCUT2D eigenvalue weighted by atomic mass is 9.42. The van der Waals surface area contributed by atoms with Crippen molar-refractivity contribution in [3.8, 4) is 0 Å². The Morgan fingerprint density at radius 1 is 1.14 bits per heavy atom. The molecule has 0 saturated heterocycles. The topological polar surface area (TPSA) is 115 Å². The number of ketones is 2. The zero-order valence-electron chi connectivity index (χ0n) is 16.4. The van der Waals surface area contributed by atoms with Crippen molar-refractivity contribution in [1.82, 2.24) is 0 Å². The normalized spacial score (nSPS) is 49.7. The Labute approximate surface area is 163 Å². The Morgan fingerprint density at radius 3 is 2.46 bits per heavy atom. The fraction of sp³-hybridized carbons (Fsp3) is 0.810. The highest BCUT2D eigenvalue weighted by Gasteiger charge is 2.78. The number of rotatable bonds is 2. The van der Waals surface area contributed by atoms with Gasteiger partial charge in [-0.3, -0.25) is 9.59 Å². The number of carbonyl (C=O) groups excluding carboxylic acids is 2. The molecule has 4 N–H and O–H groups in total. The van der Waals surface area contributed by atoms with E-state index in [1.165, 1.54) is 6.08 Å². The van der Waals surface area contributed by atoms with Gasteiger partial charge >= 0.3 is 0 Å². The van der Waals surface area contributed by atoms with Crippen LogP contribution in [0.25, 0.3) is 0 Å². The minimum Gasteiger partial charge on any atom is -0.388 e. The van der Waals surface area contributed by atoms with E-state index in [0.29, 0.717) is 24.8 Å². The summed E-state index contributed by atoms with van der Waals surface area (Å²) in [5, 5.41) is 42.7. The van der Waals surface area contributed by atoms with Gasteiger partial charge in [0, 0.05) is 29.6 Å². The highest BCUT2D eigenvalue weighted by atomic mass is 19.1. The first-order valence-corrected chi connectivity index (χ1v) is 10.1. The summed E-state index contributed by atoms with van der Waals surface area (Å²) in [5.41, 5.74) is -6.11. The second kappa shape index (κ2) is 5.72. The zero-order valence-corrected chi connectivity index (χ0v) is 16.4. The summed E-state index contributed by atoms with van der Waals surface area (Å²) < 4.78 is 16.9. The number of allylic oxidation sites excluding steroid dienone is 1. The molecule has 3 saturated carbocycles. The van der Waals surface area contributed by atoms with Crippen molar-refractivity contribution in [2.24, 2.45) is 22.7 Å². The molecule has 6 atom stereocenters. The van der Waals surface area contributed by atoms with Crippen LogP contribution in [0.3, 0.4) is 0 Å². The van der Waals surface area contributed by atoms with Crippen molar-refractivity contribution in [2.75, 3.05) is 6.61 Å². The van der Waals surface area contributed by atoms with E-state index < -0.39 is 58.5 Å². The standard InChI is InChI=1S/C21H29FO6/c1-17-7-5-13(24)9-12(17)3-4-15-14-6-8-19(26,16(25)10-23)18(14,2)11-20(27,28)21(15,17)22/h9,14-15,23,26-28H,3-8,10-11H2,1-2H3/t14-,15-,17-,18-,19-,21+/m0/s1. The summed E-state index contributed by atoms with van der Waals surface area (Å²) >= 11 is 0. The van der Waals surface area contributed by atoms with Gasteiger partial charge in [0.15, 0.2) is 23.0 Å². The number of carbonyl (C=O) groups is 2. The lowest BCUT2D eigenvalue weighted by Gasteiger charge is -2.65. The molecule has 0 heterocycles. The SMILES string of the molecule is C[C@]12CCC(=O)C=C1CC[C@H]1[C@@H]3CC[C@](O)(C(=O)CO)[C@@]3(C)CC(O)(O)[C@@]12F. The van der Waals surface area contributed by atoms with E-state index in [9.17, 15) is 30.0 Å². The van der Waals surface area contributed by atoms with E-state index in [-0.39, 0.29) is 25.0 Å². The first-order chi connectivity index (χ1) is 12.9. The molecule has 0 amide bonds. The molecule has 156 valence electrons. The van der Waals surface area contributed by atoms with Gasteiger partial charge in [-0.2, -0.15) is 0 Å². The monoisotopic (exact) mass is 396 g/mol. The predicted octanol–water partition coefficient (Wildman–Crippen LogP) is 1.19. The molecular weight excluding hydrogens is 367 g/mol. The van der Waals surface area contributed by atoms with Crippen LogP contribution >= 0.6 is 0 Å². The van der Waals surface area contributed by atoms with Crippen molar-refractivity contribution in [3.05, 3.63) is 11.6 Å². The lowest BCUT2D eigenvalue weighted by molar-refractivity contribution is -0.352. The van der Waals surface area contributed by atoms with Gasteiger partial charge < -0.3 is 20.4 Å². The van der Waals surface area contributed by atoms with Crippen LogP contribution in [0.2, 0.25) is 0 Å². The van der Waals surface area contributed by atoms with Gasteiger partial charge in [0.1, 0.15) is 12.2 Å². The third kappa shape index (κ3) is 2.06. The second-order valence-electron chi connectivity index (χ2n) is 9.82. The predicted molar refractivity (Wildman–Crippen MR) is 96.7 cm³/mol. The first kappa shape index (κ1) is 20.1. The Kier molecular flexibility index (Phi) is 4.11. The lowest BCUT2D eigenvalue weighted by Crippen LogP contribution is -2.75. The third-order valence-electron chi connectivity index (χ3n) is 8.82. The second-order valence-corrected chi connectivity index (χ2v) is 9.82. The van der Waals surface area contributed by atoms with E-state index >= 15 is 4.39 Å². The summed E-state index contributed by atoms with van der Waals surface area (Å²) in [4.78, 5) is 24.3. The molecule has 4 aliphatic rings. The van der Waals surface area contributed by atoms with Crippen molar-refractivity contribution in [1.29, 1.82) is 0 Å². The van der Waals surface area contributed by atoms with Crippen LogP contribution in [0.5, 0.6) is 0 Å². The van der Waals surface area contributed by atoms with Crippen LogP contribution in [0.4, 0.5) is 4.39 Å². The van der Waals surface area contributed by atoms with Crippen LogP contribution in [0.15, 0.2) is 11.6 Å². The smallest absolute Gasteiger partial charge is 0.199 e. The molecular formula is C21H29FO6. The number of alkyl halides is 1. The van der Waals surface area contributed by atoms with Crippen molar-refractivity contribution >= 4 is 11.6 Å². The van der Waals surface area contributed by atoms with Gasteiger partial charge in [-0.25, -0.2) is 4.39 Å². The highest BCUT2D eigenvalue weighted by Crippen LogP contribution is 2.72. The van der Waals surface area contributed by atoms with Gasteiger partial charge in [0.05, 0.1) is 0 Å². The van der Waals surface area contributed by atoms with Gasteiger partial charge in [0.25, 0.3) is 0 Å². The maximum absolute atomic E-state index is 16.9. The number of fused-ring (bicyclic) bond motifs is 5. The molecule has 0 radical (unpaired) electrons. The van der Waals surface area contributed by atoms with Crippen LogP contribution < -0.4 is 0 Å². The number of Topliss-reactive ketones (excluding diaryl/α,β-unsaturated/α-hetero) is 1. The molecule has 0 aromatic rings. The summed E-state index contributed by atoms with van der Waals surface area (Å²) in [5.74, 6) is -4.80. The average molecular weight is 396 g/mol. The highest BCUT2D eigenvalue weighted by molar-refractivity contribution is 5.92. The molecule has 0 aromatic heterocycles. The summed E-state index contributed by atoms with van der Waals surface area (Å²) in [6, 6.07) is 0. The van der Waals surface area contributed by atoms with Crippen LogP contribution in [-0.2, 0) is 9.59 Å².